The van der Waals surface area contributed by atoms with E-state index in [0.717, 1.165) is 36.3 Å². The van der Waals surface area contributed by atoms with Gasteiger partial charge in [0.15, 0.2) is 0 Å². The average molecular weight is 405 g/mol. The number of aryl methyl sites for hydroxylation is 1. The number of halogens is 1. The molecule has 0 radical (unpaired) electrons. The third-order valence-corrected chi connectivity index (χ3v) is 6.01. The zero-order valence-corrected chi connectivity index (χ0v) is 17.5. The lowest BCUT2D eigenvalue weighted by molar-refractivity contribution is -0.154. The molecular weight excluding hydrogens is 376 g/mol. The third-order valence-electron chi connectivity index (χ3n) is 5.75. The van der Waals surface area contributed by atoms with Gasteiger partial charge in [-0.15, -0.1) is 0 Å². The van der Waals surface area contributed by atoms with Gasteiger partial charge in [-0.2, -0.15) is 0 Å². The van der Waals surface area contributed by atoms with Crippen molar-refractivity contribution in [1.82, 2.24) is 9.55 Å². The van der Waals surface area contributed by atoms with Gasteiger partial charge in [0.05, 0.1) is 17.3 Å². The van der Waals surface area contributed by atoms with Crippen LogP contribution in [0.15, 0.2) is 24.3 Å². The minimum Gasteiger partial charge on any atom is -0.481 e. The van der Waals surface area contributed by atoms with E-state index in [0.29, 0.717) is 30.1 Å². The van der Waals surface area contributed by atoms with Crippen LogP contribution in [-0.2, 0) is 23.4 Å². The standard InChI is InChI=1S/C22H29ClN2O3/c1-4-17(21(26)27)22(28)12-6-5-7-18-19(22)25(20(24-18)14(2)3)13-15-8-10-16(23)11-9-15/h8-11,14,17,28H,4-7,12-13H2,1-3H3,(H,26,27). The zero-order valence-electron chi connectivity index (χ0n) is 16.8. The van der Waals surface area contributed by atoms with Crippen molar-refractivity contribution in [3.05, 3.63) is 52.1 Å². The first-order valence-electron chi connectivity index (χ1n) is 10.1. The van der Waals surface area contributed by atoms with Crippen LogP contribution in [0.25, 0.3) is 0 Å². The zero-order chi connectivity index (χ0) is 20.5. The van der Waals surface area contributed by atoms with Gasteiger partial charge in [0.1, 0.15) is 11.4 Å². The minimum absolute atomic E-state index is 0.161. The molecule has 152 valence electrons. The molecule has 0 aliphatic heterocycles. The molecule has 2 aromatic rings. The number of fused-ring (bicyclic) bond motifs is 1. The van der Waals surface area contributed by atoms with Gasteiger partial charge in [0, 0.05) is 17.5 Å². The molecule has 3 rings (SSSR count). The molecule has 0 bridgehead atoms. The summed E-state index contributed by atoms with van der Waals surface area (Å²) in [7, 11) is 0. The first kappa shape index (κ1) is 20.9. The van der Waals surface area contributed by atoms with Crippen LogP contribution >= 0.6 is 11.6 Å². The maximum Gasteiger partial charge on any atom is 0.309 e. The van der Waals surface area contributed by atoms with Gasteiger partial charge in [-0.1, -0.05) is 44.5 Å². The van der Waals surface area contributed by atoms with Crippen molar-refractivity contribution < 1.29 is 15.0 Å². The van der Waals surface area contributed by atoms with Gasteiger partial charge in [-0.05, 0) is 49.8 Å². The number of carboxylic acid groups (broad SMARTS) is 1. The number of carboxylic acids is 1. The molecule has 1 heterocycles. The molecule has 1 aromatic heterocycles. The molecule has 2 atom stereocenters. The fourth-order valence-corrected chi connectivity index (χ4v) is 4.54. The third kappa shape index (κ3) is 3.83. The second-order valence-corrected chi connectivity index (χ2v) is 8.50. The van der Waals surface area contributed by atoms with Gasteiger partial charge in [-0.3, -0.25) is 4.79 Å². The topological polar surface area (TPSA) is 75.3 Å². The number of aromatic nitrogens is 2. The molecule has 1 aromatic carbocycles. The summed E-state index contributed by atoms with van der Waals surface area (Å²) >= 11 is 6.03. The Hall–Kier alpha value is -1.85. The molecule has 28 heavy (non-hydrogen) atoms. The normalized spacial score (nSPS) is 20.6. The van der Waals surface area contributed by atoms with Crippen molar-refractivity contribution >= 4 is 17.6 Å². The molecule has 0 saturated heterocycles. The van der Waals surface area contributed by atoms with Crippen LogP contribution in [0.2, 0.25) is 5.02 Å². The summed E-state index contributed by atoms with van der Waals surface area (Å²) in [4.78, 5) is 16.9. The number of carbonyl (C=O) groups is 1. The summed E-state index contributed by atoms with van der Waals surface area (Å²) in [5.41, 5.74) is 1.16. The molecule has 0 fully saturated rings. The van der Waals surface area contributed by atoms with Crippen molar-refractivity contribution in [3.8, 4) is 0 Å². The smallest absolute Gasteiger partial charge is 0.309 e. The highest BCUT2D eigenvalue weighted by Crippen LogP contribution is 2.43. The molecule has 1 aliphatic rings. The van der Waals surface area contributed by atoms with Crippen molar-refractivity contribution in [2.75, 3.05) is 0 Å². The number of aliphatic carboxylic acids is 1. The van der Waals surface area contributed by atoms with Crippen LogP contribution < -0.4 is 0 Å². The minimum atomic E-state index is -1.42. The molecule has 2 N–H and O–H groups in total. The lowest BCUT2D eigenvalue weighted by Gasteiger charge is -2.34. The number of hydrogen-bond donors (Lipinski definition) is 2. The van der Waals surface area contributed by atoms with Crippen molar-refractivity contribution in [2.45, 2.75) is 70.9 Å². The van der Waals surface area contributed by atoms with E-state index in [1.165, 1.54) is 0 Å². The first-order chi connectivity index (χ1) is 13.3. The predicted molar refractivity (Wildman–Crippen MR) is 110 cm³/mol. The number of nitrogens with zero attached hydrogens (tertiary/aromatic N) is 2. The van der Waals surface area contributed by atoms with Crippen LogP contribution in [0.3, 0.4) is 0 Å². The Kier molecular flexibility index (Phi) is 6.15. The Balaban J connectivity index is 2.19. The van der Waals surface area contributed by atoms with Crippen molar-refractivity contribution in [1.29, 1.82) is 0 Å². The number of rotatable bonds is 6. The summed E-state index contributed by atoms with van der Waals surface area (Å²) in [5, 5.41) is 22.3. The second kappa shape index (κ2) is 8.26. The van der Waals surface area contributed by atoms with Gasteiger partial charge in [0.2, 0.25) is 0 Å². The largest absolute Gasteiger partial charge is 0.481 e. The quantitative estimate of drug-likeness (QED) is 0.682. The number of aliphatic hydroxyl groups is 1. The van der Waals surface area contributed by atoms with E-state index in [4.69, 9.17) is 16.6 Å². The maximum atomic E-state index is 12.0. The Morgan fingerprint density at radius 1 is 1.29 bits per heavy atom. The molecule has 1 aliphatic carbocycles. The van der Waals surface area contributed by atoms with Crippen molar-refractivity contribution in [3.63, 3.8) is 0 Å². The maximum absolute atomic E-state index is 12.0. The molecule has 5 nitrogen and oxygen atoms in total. The molecular formula is C22H29ClN2O3. The van der Waals surface area contributed by atoms with E-state index in [1.54, 1.807) is 0 Å². The first-order valence-corrected chi connectivity index (χ1v) is 10.4. The van der Waals surface area contributed by atoms with Crippen LogP contribution in [0.1, 0.15) is 75.1 Å². The SMILES string of the molecule is CCC(C(=O)O)C1(O)CCCCc2nc(C(C)C)n(Cc3ccc(Cl)cc3)c21. The molecule has 6 heteroatoms. The van der Waals surface area contributed by atoms with Crippen LogP contribution in [0.4, 0.5) is 0 Å². The Morgan fingerprint density at radius 2 is 1.96 bits per heavy atom. The Morgan fingerprint density at radius 3 is 2.54 bits per heavy atom. The summed E-state index contributed by atoms with van der Waals surface area (Å²) in [5.74, 6) is -0.762. The highest BCUT2D eigenvalue weighted by molar-refractivity contribution is 6.30. The lowest BCUT2D eigenvalue weighted by atomic mass is 9.79. The summed E-state index contributed by atoms with van der Waals surface area (Å²) in [6, 6.07) is 7.62. The number of benzene rings is 1. The second-order valence-electron chi connectivity index (χ2n) is 8.06. The molecule has 0 spiro atoms. The van der Waals surface area contributed by atoms with Gasteiger partial charge < -0.3 is 14.8 Å². The lowest BCUT2D eigenvalue weighted by Crippen LogP contribution is -2.41. The Labute approximate surface area is 171 Å². The molecule has 0 saturated carbocycles. The predicted octanol–water partition coefficient (Wildman–Crippen LogP) is 4.73. The summed E-state index contributed by atoms with van der Waals surface area (Å²) < 4.78 is 2.06. The fraction of sp³-hybridized carbons (Fsp3) is 0.545. The molecule has 2 unspecified atom stereocenters. The average Bonchev–Trinajstić information content (AvgIpc) is 2.91. The highest BCUT2D eigenvalue weighted by atomic mass is 35.5. The molecule has 0 amide bonds. The summed E-state index contributed by atoms with van der Waals surface area (Å²) in [6.07, 6.45) is 3.26. The van der Waals surface area contributed by atoms with Crippen LogP contribution in [0.5, 0.6) is 0 Å². The van der Waals surface area contributed by atoms with E-state index in [-0.39, 0.29) is 5.92 Å². The summed E-state index contributed by atoms with van der Waals surface area (Å²) in [6.45, 7) is 6.51. The fourth-order valence-electron chi connectivity index (χ4n) is 4.41. The highest BCUT2D eigenvalue weighted by Gasteiger charge is 2.47. The Bertz CT molecular complexity index is 844. The van der Waals surface area contributed by atoms with Crippen molar-refractivity contribution in [2.24, 2.45) is 5.92 Å². The van der Waals surface area contributed by atoms with E-state index in [1.807, 2.05) is 31.2 Å². The van der Waals surface area contributed by atoms with Gasteiger partial charge in [-0.25, -0.2) is 4.98 Å². The van der Waals surface area contributed by atoms with Crippen LogP contribution in [-0.4, -0.2) is 25.7 Å². The number of hydrogen-bond acceptors (Lipinski definition) is 3. The van der Waals surface area contributed by atoms with Crippen LogP contribution in [0, 0.1) is 5.92 Å². The van der Waals surface area contributed by atoms with E-state index >= 15 is 0 Å². The van der Waals surface area contributed by atoms with E-state index in [9.17, 15) is 15.0 Å². The van der Waals surface area contributed by atoms with E-state index in [2.05, 4.69) is 18.4 Å². The van der Waals surface area contributed by atoms with E-state index < -0.39 is 17.5 Å². The monoisotopic (exact) mass is 404 g/mol. The van der Waals surface area contributed by atoms with Gasteiger partial charge >= 0.3 is 5.97 Å². The van der Waals surface area contributed by atoms with Gasteiger partial charge in [0.25, 0.3) is 0 Å². The number of imidazole rings is 1.